The lowest BCUT2D eigenvalue weighted by Crippen LogP contribution is -2.57. The molecule has 1 atom stereocenters. The van der Waals surface area contributed by atoms with Crippen LogP contribution in [0, 0.1) is 6.92 Å². The number of carbonyl (C=O) groups is 3. The second-order valence-electron chi connectivity index (χ2n) is 7.84. The first-order valence-corrected chi connectivity index (χ1v) is 11.9. The summed E-state index contributed by atoms with van der Waals surface area (Å²) in [4.78, 5) is 59.2. The van der Waals surface area contributed by atoms with Gasteiger partial charge in [-0.15, -0.1) is 0 Å². The van der Waals surface area contributed by atoms with E-state index in [9.17, 15) is 19.2 Å². The Morgan fingerprint density at radius 3 is 2.79 bits per heavy atom. The fraction of sp³-hybridized carbons (Fsp3) is 0.364. The smallest absolute Gasteiger partial charge is 0.308 e. The Balaban J connectivity index is 1.91. The third-order valence-corrected chi connectivity index (χ3v) is 7.00. The summed E-state index contributed by atoms with van der Waals surface area (Å²) in [6.07, 6.45) is 2.93. The van der Waals surface area contributed by atoms with E-state index in [-0.39, 0.29) is 41.1 Å². The van der Waals surface area contributed by atoms with Gasteiger partial charge in [0.15, 0.2) is 0 Å². The number of ether oxygens (including phenoxy) is 1. The van der Waals surface area contributed by atoms with Crippen LogP contribution in [0.25, 0.3) is 11.7 Å². The molecular weight excluding hydrogens is 478 g/mol. The molecule has 4 rings (SSSR count). The first kappa shape index (κ1) is 23.9. The number of thiocarbonyl (C=S) groups is 1. The van der Waals surface area contributed by atoms with Crippen molar-refractivity contribution in [2.24, 2.45) is 0 Å². The highest BCUT2D eigenvalue weighted by Crippen LogP contribution is 2.33. The molecule has 1 N–H and O–H groups in total. The number of aryl methyl sites for hydroxylation is 1. The zero-order chi connectivity index (χ0) is 24.6. The Morgan fingerprint density at radius 2 is 2.12 bits per heavy atom. The Labute approximate surface area is 204 Å². The number of amides is 2. The van der Waals surface area contributed by atoms with Crippen LogP contribution in [-0.2, 0) is 19.1 Å². The summed E-state index contributed by atoms with van der Waals surface area (Å²) in [7, 11) is 1.57. The van der Waals surface area contributed by atoms with Gasteiger partial charge in [0.25, 0.3) is 11.5 Å². The van der Waals surface area contributed by atoms with E-state index in [0.717, 1.165) is 17.3 Å². The van der Waals surface area contributed by atoms with Crippen molar-refractivity contribution in [1.29, 1.82) is 0 Å². The van der Waals surface area contributed by atoms with E-state index in [1.807, 2.05) is 13.0 Å². The van der Waals surface area contributed by atoms with E-state index in [1.54, 1.807) is 31.1 Å². The maximum Gasteiger partial charge on any atom is 0.308 e. The molecule has 0 radical (unpaired) electrons. The molecule has 0 unspecified atom stereocenters. The quantitative estimate of drug-likeness (QED) is 0.365. The molecule has 2 saturated heterocycles. The fourth-order valence-electron chi connectivity index (χ4n) is 3.82. The van der Waals surface area contributed by atoms with Gasteiger partial charge in [-0.3, -0.25) is 28.5 Å². The molecule has 2 aromatic rings. The van der Waals surface area contributed by atoms with Gasteiger partial charge in [-0.1, -0.05) is 30.0 Å². The summed E-state index contributed by atoms with van der Waals surface area (Å²) in [5, 5.41) is 2.75. The van der Waals surface area contributed by atoms with Gasteiger partial charge in [0.05, 0.1) is 23.5 Å². The summed E-state index contributed by atoms with van der Waals surface area (Å²) in [6, 6.07) is 2.62. The number of rotatable bonds is 5. The molecule has 178 valence electrons. The maximum absolute atomic E-state index is 13.6. The van der Waals surface area contributed by atoms with Crippen molar-refractivity contribution in [1.82, 2.24) is 19.6 Å². The summed E-state index contributed by atoms with van der Waals surface area (Å²) in [5.74, 6) is -0.999. The number of hydrogen-bond donors (Lipinski definition) is 1. The lowest BCUT2D eigenvalue weighted by Gasteiger charge is -2.36. The van der Waals surface area contributed by atoms with Crippen LogP contribution in [0.3, 0.4) is 0 Å². The van der Waals surface area contributed by atoms with Crippen LogP contribution >= 0.6 is 24.0 Å². The highest BCUT2D eigenvalue weighted by molar-refractivity contribution is 8.26. The predicted molar refractivity (Wildman–Crippen MR) is 133 cm³/mol. The van der Waals surface area contributed by atoms with E-state index in [0.29, 0.717) is 23.1 Å². The molecule has 2 amide bonds. The lowest BCUT2D eigenvalue weighted by atomic mass is 10.1. The Hall–Kier alpha value is -3.25. The molecule has 0 bridgehead atoms. The Kier molecular flexibility index (Phi) is 6.71. The van der Waals surface area contributed by atoms with Crippen LogP contribution in [0.15, 0.2) is 28.0 Å². The van der Waals surface area contributed by atoms with Gasteiger partial charge in [-0.25, -0.2) is 4.98 Å². The number of pyridine rings is 1. The number of aromatic nitrogens is 2. The average Bonchev–Trinajstić information content (AvgIpc) is 3.04. The van der Waals surface area contributed by atoms with E-state index in [4.69, 9.17) is 17.0 Å². The van der Waals surface area contributed by atoms with Crippen LogP contribution < -0.4 is 15.8 Å². The van der Waals surface area contributed by atoms with Gasteiger partial charge in [0.2, 0.25) is 5.91 Å². The highest BCUT2D eigenvalue weighted by Gasteiger charge is 2.36. The fourth-order valence-corrected chi connectivity index (χ4v) is 4.98. The molecule has 2 aromatic heterocycles. The molecule has 34 heavy (non-hydrogen) atoms. The summed E-state index contributed by atoms with van der Waals surface area (Å²) in [6.45, 7) is 4.36. The maximum atomic E-state index is 13.6. The van der Waals surface area contributed by atoms with E-state index in [2.05, 4.69) is 10.3 Å². The molecule has 4 heterocycles. The third-order valence-electron chi connectivity index (χ3n) is 5.52. The minimum absolute atomic E-state index is 0.139. The summed E-state index contributed by atoms with van der Waals surface area (Å²) in [5.41, 5.74) is 0.978. The van der Waals surface area contributed by atoms with Gasteiger partial charge >= 0.3 is 5.97 Å². The lowest BCUT2D eigenvalue weighted by molar-refractivity contribution is -0.145. The SMILES string of the molecule is CCOC(=O)C[C@H]1C(=O)NCCN1c1nc2ccc(C)cn2c(=O)c1/C=C1\SC(=S)N(C)C1=O. The van der Waals surface area contributed by atoms with Gasteiger partial charge < -0.3 is 15.0 Å². The number of anilines is 1. The molecule has 0 saturated carbocycles. The first-order valence-electron chi connectivity index (χ1n) is 10.7. The number of esters is 1. The van der Waals surface area contributed by atoms with Crippen molar-refractivity contribution >= 4 is 63.6 Å². The third kappa shape index (κ3) is 4.42. The molecule has 0 spiro atoms. The van der Waals surface area contributed by atoms with Gasteiger partial charge in [-0.05, 0) is 31.6 Å². The molecule has 2 aliphatic heterocycles. The minimum atomic E-state index is -0.916. The van der Waals surface area contributed by atoms with Gasteiger partial charge in [0, 0.05) is 26.3 Å². The molecule has 12 heteroatoms. The molecule has 0 aromatic carbocycles. The summed E-state index contributed by atoms with van der Waals surface area (Å²) < 4.78 is 6.83. The monoisotopic (exact) mass is 501 g/mol. The van der Waals surface area contributed by atoms with Crippen LogP contribution in [0.4, 0.5) is 5.82 Å². The van der Waals surface area contributed by atoms with Crippen LogP contribution in [0.1, 0.15) is 24.5 Å². The van der Waals surface area contributed by atoms with Gasteiger partial charge in [-0.2, -0.15) is 0 Å². The number of likely N-dealkylation sites (N-methyl/N-ethyl adjacent to an activating group) is 1. The molecule has 0 aliphatic carbocycles. The largest absolute Gasteiger partial charge is 0.466 e. The number of hydrogen-bond acceptors (Lipinski definition) is 9. The van der Waals surface area contributed by atoms with E-state index >= 15 is 0 Å². The minimum Gasteiger partial charge on any atom is -0.466 e. The number of nitrogens with zero attached hydrogens (tertiary/aromatic N) is 4. The zero-order valence-corrected chi connectivity index (χ0v) is 20.5. The molecule has 2 aliphatic rings. The Bertz CT molecular complexity index is 1300. The van der Waals surface area contributed by atoms with E-state index in [1.165, 1.54) is 15.4 Å². The number of thioether (sulfide) groups is 1. The molecular formula is C22H23N5O5S2. The predicted octanol–water partition coefficient (Wildman–Crippen LogP) is 1.09. The molecule has 2 fully saturated rings. The Morgan fingerprint density at radius 1 is 1.35 bits per heavy atom. The van der Waals surface area contributed by atoms with E-state index < -0.39 is 17.6 Å². The second kappa shape index (κ2) is 9.55. The van der Waals surface area contributed by atoms with Crippen molar-refractivity contribution < 1.29 is 19.1 Å². The second-order valence-corrected chi connectivity index (χ2v) is 9.51. The van der Waals surface area contributed by atoms with Crippen molar-refractivity contribution in [2.75, 3.05) is 31.6 Å². The van der Waals surface area contributed by atoms with Crippen molar-refractivity contribution in [3.63, 3.8) is 0 Å². The van der Waals surface area contributed by atoms with Crippen LogP contribution in [-0.4, -0.2) is 69.2 Å². The van der Waals surface area contributed by atoms with Crippen molar-refractivity contribution in [2.45, 2.75) is 26.3 Å². The number of piperazine rings is 1. The summed E-state index contributed by atoms with van der Waals surface area (Å²) >= 11 is 6.31. The van der Waals surface area contributed by atoms with Gasteiger partial charge in [0.1, 0.15) is 21.8 Å². The number of nitrogens with one attached hydrogen (secondary N) is 1. The first-order chi connectivity index (χ1) is 16.2. The standard InChI is InChI=1S/C22H23N5O5S2/c1-4-32-17(28)10-14-19(29)23-7-8-26(14)18-13(9-15-21(31)25(3)22(33)34-15)20(30)27-11-12(2)5-6-16(27)24-18/h5-6,9,11,14H,4,7-8,10H2,1-3H3,(H,23,29)/b15-9-/t14-/m0/s1. The van der Waals surface area contributed by atoms with Crippen molar-refractivity contribution in [3.8, 4) is 0 Å². The number of carbonyl (C=O) groups excluding carboxylic acids is 3. The molecule has 10 nitrogen and oxygen atoms in total. The average molecular weight is 502 g/mol. The van der Waals surface area contributed by atoms with Crippen LogP contribution in [0.2, 0.25) is 0 Å². The van der Waals surface area contributed by atoms with Crippen LogP contribution in [0.5, 0.6) is 0 Å². The zero-order valence-electron chi connectivity index (χ0n) is 18.9. The van der Waals surface area contributed by atoms with Crippen molar-refractivity contribution in [3.05, 3.63) is 44.7 Å². The topological polar surface area (TPSA) is 113 Å². The number of fused-ring (bicyclic) bond motifs is 1. The normalized spacial score (nSPS) is 19.8. The highest BCUT2D eigenvalue weighted by atomic mass is 32.2.